The smallest absolute Gasteiger partial charge is 0.311 e. The molecule has 0 saturated carbocycles. The van der Waals surface area contributed by atoms with Gasteiger partial charge in [0, 0.05) is 44.1 Å². The molecule has 1 aliphatic rings. The number of carbonyl (C=O) groups is 2. The molecule has 6 heteroatoms. The Morgan fingerprint density at radius 2 is 2.20 bits per heavy atom. The SMILES string of the molecule is COCCC[C@@]1(C(=O)O)CCCN(C(=O)c2ccc3cc[nH]c3c2)C1. The summed E-state index contributed by atoms with van der Waals surface area (Å²) in [6.45, 7) is 1.39. The Bertz CT molecular complexity index is 770. The number of carbonyl (C=O) groups excluding carboxylic acids is 1. The number of nitrogens with zero attached hydrogens (tertiary/aromatic N) is 1. The van der Waals surface area contributed by atoms with Crippen LogP contribution in [0.4, 0.5) is 0 Å². The van der Waals surface area contributed by atoms with Crippen molar-refractivity contribution < 1.29 is 19.4 Å². The van der Waals surface area contributed by atoms with Gasteiger partial charge < -0.3 is 19.7 Å². The van der Waals surface area contributed by atoms with Gasteiger partial charge in [0.25, 0.3) is 5.91 Å². The van der Waals surface area contributed by atoms with E-state index in [-0.39, 0.29) is 12.5 Å². The normalized spacial score (nSPS) is 20.8. The van der Waals surface area contributed by atoms with E-state index in [9.17, 15) is 14.7 Å². The summed E-state index contributed by atoms with van der Waals surface area (Å²) in [5.41, 5.74) is 0.628. The predicted octanol–water partition coefficient (Wildman–Crippen LogP) is 2.90. The number of nitrogens with one attached hydrogen (secondary N) is 1. The van der Waals surface area contributed by atoms with Gasteiger partial charge >= 0.3 is 5.97 Å². The van der Waals surface area contributed by atoms with E-state index in [0.717, 1.165) is 10.9 Å². The van der Waals surface area contributed by atoms with Crippen LogP contribution < -0.4 is 0 Å². The molecular formula is C19H24N2O4. The van der Waals surface area contributed by atoms with E-state index in [1.165, 1.54) is 0 Å². The predicted molar refractivity (Wildman–Crippen MR) is 94.6 cm³/mol. The lowest BCUT2D eigenvalue weighted by atomic mass is 9.76. The van der Waals surface area contributed by atoms with Crippen LogP contribution in [0.5, 0.6) is 0 Å². The van der Waals surface area contributed by atoms with Crippen molar-refractivity contribution in [3.05, 3.63) is 36.0 Å². The average Bonchev–Trinajstić information content (AvgIpc) is 3.09. The zero-order chi connectivity index (χ0) is 17.9. The monoisotopic (exact) mass is 344 g/mol. The molecule has 0 radical (unpaired) electrons. The fraction of sp³-hybridized carbons (Fsp3) is 0.474. The molecule has 1 aromatic carbocycles. The molecule has 0 bridgehead atoms. The third-order valence-corrected chi connectivity index (χ3v) is 5.12. The third kappa shape index (κ3) is 3.54. The summed E-state index contributed by atoms with van der Waals surface area (Å²) in [5, 5.41) is 10.8. The van der Waals surface area contributed by atoms with Gasteiger partial charge in [0.2, 0.25) is 0 Å². The Morgan fingerprint density at radius 3 is 2.96 bits per heavy atom. The first kappa shape index (κ1) is 17.5. The average molecular weight is 344 g/mol. The van der Waals surface area contributed by atoms with Crippen LogP contribution in [0.25, 0.3) is 10.9 Å². The Kier molecular flexibility index (Phi) is 5.08. The van der Waals surface area contributed by atoms with Crippen molar-refractivity contribution in [3.8, 4) is 0 Å². The van der Waals surface area contributed by atoms with E-state index < -0.39 is 11.4 Å². The first-order valence-electron chi connectivity index (χ1n) is 8.64. The lowest BCUT2D eigenvalue weighted by Crippen LogP contribution is -2.50. The van der Waals surface area contributed by atoms with Crippen LogP contribution in [0.2, 0.25) is 0 Å². The second-order valence-corrected chi connectivity index (χ2v) is 6.79. The molecule has 1 aromatic heterocycles. The van der Waals surface area contributed by atoms with Gasteiger partial charge in [-0.25, -0.2) is 0 Å². The number of likely N-dealkylation sites (tertiary alicyclic amines) is 1. The summed E-state index contributed by atoms with van der Waals surface area (Å²) in [6, 6.07) is 7.50. The number of hydrogen-bond donors (Lipinski definition) is 2. The molecule has 1 saturated heterocycles. The highest BCUT2D eigenvalue weighted by Gasteiger charge is 2.43. The number of aromatic nitrogens is 1. The maximum Gasteiger partial charge on any atom is 0.311 e. The van der Waals surface area contributed by atoms with Gasteiger partial charge in [-0.3, -0.25) is 9.59 Å². The number of benzene rings is 1. The summed E-state index contributed by atoms with van der Waals surface area (Å²) in [7, 11) is 1.61. The molecule has 6 nitrogen and oxygen atoms in total. The topological polar surface area (TPSA) is 82.6 Å². The van der Waals surface area contributed by atoms with Crippen LogP contribution >= 0.6 is 0 Å². The van der Waals surface area contributed by atoms with Gasteiger partial charge in [-0.15, -0.1) is 0 Å². The van der Waals surface area contributed by atoms with Gasteiger partial charge in [0.15, 0.2) is 0 Å². The van der Waals surface area contributed by atoms with E-state index in [2.05, 4.69) is 4.98 Å². The number of ether oxygens (including phenoxy) is 1. The van der Waals surface area contributed by atoms with E-state index >= 15 is 0 Å². The number of hydrogen-bond acceptors (Lipinski definition) is 3. The highest BCUT2D eigenvalue weighted by Crippen LogP contribution is 2.35. The number of H-pyrrole nitrogens is 1. The molecule has 2 N–H and O–H groups in total. The Morgan fingerprint density at radius 1 is 1.36 bits per heavy atom. The summed E-state index contributed by atoms with van der Waals surface area (Å²) in [5.74, 6) is -0.922. The molecule has 0 aliphatic carbocycles. The van der Waals surface area contributed by atoms with Gasteiger partial charge in [-0.2, -0.15) is 0 Å². The summed E-state index contributed by atoms with van der Waals surface area (Å²) < 4.78 is 5.06. The Labute approximate surface area is 146 Å². The molecule has 134 valence electrons. The molecule has 1 aliphatic heterocycles. The van der Waals surface area contributed by atoms with Crippen LogP contribution in [-0.2, 0) is 9.53 Å². The molecule has 2 aromatic rings. The van der Waals surface area contributed by atoms with E-state index in [4.69, 9.17) is 4.74 Å². The first-order valence-corrected chi connectivity index (χ1v) is 8.64. The molecule has 1 amide bonds. The number of amides is 1. The first-order chi connectivity index (χ1) is 12.1. The second-order valence-electron chi connectivity index (χ2n) is 6.79. The zero-order valence-electron chi connectivity index (χ0n) is 14.5. The number of carboxylic acid groups (broad SMARTS) is 1. The maximum atomic E-state index is 12.9. The lowest BCUT2D eigenvalue weighted by Gasteiger charge is -2.40. The van der Waals surface area contributed by atoms with Crippen LogP contribution in [0.1, 0.15) is 36.0 Å². The highest BCUT2D eigenvalue weighted by molar-refractivity contribution is 5.98. The van der Waals surface area contributed by atoms with Crippen molar-refractivity contribution in [2.24, 2.45) is 5.41 Å². The Hall–Kier alpha value is -2.34. The van der Waals surface area contributed by atoms with Gasteiger partial charge in [-0.05, 0) is 49.3 Å². The van der Waals surface area contributed by atoms with E-state index in [0.29, 0.717) is 44.4 Å². The number of methoxy groups -OCH3 is 1. The summed E-state index contributed by atoms with van der Waals surface area (Å²) >= 11 is 0. The molecule has 0 unspecified atom stereocenters. The number of piperidine rings is 1. The van der Waals surface area contributed by atoms with Gasteiger partial charge in [0.1, 0.15) is 0 Å². The second kappa shape index (κ2) is 7.27. The maximum absolute atomic E-state index is 12.9. The molecular weight excluding hydrogens is 320 g/mol. The number of aliphatic carboxylic acids is 1. The number of rotatable bonds is 6. The van der Waals surface area contributed by atoms with Crippen molar-refractivity contribution in [2.45, 2.75) is 25.7 Å². The zero-order valence-corrected chi connectivity index (χ0v) is 14.5. The van der Waals surface area contributed by atoms with Crippen molar-refractivity contribution in [1.82, 2.24) is 9.88 Å². The molecule has 1 atom stereocenters. The minimum absolute atomic E-state index is 0.103. The van der Waals surface area contributed by atoms with Crippen LogP contribution in [-0.4, -0.2) is 53.7 Å². The van der Waals surface area contributed by atoms with Crippen LogP contribution in [0, 0.1) is 5.41 Å². The largest absolute Gasteiger partial charge is 0.481 e. The highest BCUT2D eigenvalue weighted by atomic mass is 16.5. The molecule has 25 heavy (non-hydrogen) atoms. The molecule has 2 heterocycles. The fourth-order valence-electron chi connectivity index (χ4n) is 3.71. The number of fused-ring (bicyclic) bond motifs is 1. The Balaban J connectivity index is 1.78. The third-order valence-electron chi connectivity index (χ3n) is 5.12. The van der Waals surface area contributed by atoms with E-state index in [1.54, 1.807) is 18.1 Å². The number of aromatic amines is 1. The van der Waals surface area contributed by atoms with Gasteiger partial charge in [-0.1, -0.05) is 6.07 Å². The quantitative estimate of drug-likeness (QED) is 0.790. The lowest BCUT2D eigenvalue weighted by molar-refractivity contribution is -0.152. The number of carboxylic acids is 1. The molecule has 0 spiro atoms. The van der Waals surface area contributed by atoms with Gasteiger partial charge in [0.05, 0.1) is 5.41 Å². The standard InChI is InChI=1S/C19H24N2O4/c1-25-11-3-8-19(18(23)24)7-2-10-21(13-19)17(22)15-5-4-14-6-9-20-16(14)12-15/h4-6,9,12,20H,2-3,7-8,10-11,13H2,1H3,(H,23,24)/t19-/m0/s1. The fourth-order valence-corrected chi connectivity index (χ4v) is 3.71. The van der Waals surface area contributed by atoms with Crippen molar-refractivity contribution in [2.75, 3.05) is 26.8 Å². The van der Waals surface area contributed by atoms with Crippen LogP contribution in [0.3, 0.4) is 0 Å². The summed E-state index contributed by atoms with van der Waals surface area (Å²) in [6.07, 6.45) is 4.35. The van der Waals surface area contributed by atoms with Crippen molar-refractivity contribution in [3.63, 3.8) is 0 Å². The van der Waals surface area contributed by atoms with Crippen molar-refractivity contribution in [1.29, 1.82) is 0 Å². The molecule has 3 rings (SSSR count). The van der Waals surface area contributed by atoms with Crippen LogP contribution in [0.15, 0.2) is 30.5 Å². The minimum Gasteiger partial charge on any atom is -0.481 e. The van der Waals surface area contributed by atoms with E-state index in [1.807, 2.05) is 24.4 Å². The minimum atomic E-state index is -0.872. The summed E-state index contributed by atoms with van der Waals surface area (Å²) in [4.78, 5) is 29.6. The molecule has 1 fully saturated rings. The van der Waals surface area contributed by atoms with Crippen molar-refractivity contribution >= 4 is 22.8 Å².